The molecule has 0 N–H and O–H groups in total. The molecule has 0 spiro atoms. The Morgan fingerprint density at radius 2 is 2.13 bits per heavy atom. The van der Waals surface area contributed by atoms with Crippen LogP contribution in [0, 0.1) is 0 Å². The van der Waals surface area contributed by atoms with Crippen molar-refractivity contribution in [3.8, 4) is 0 Å². The lowest BCUT2D eigenvalue weighted by atomic mass is 10.1. The Labute approximate surface area is 109 Å². The lowest BCUT2D eigenvalue weighted by molar-refractivity contribution is 0.540. The number of hydrogen-bond acceptors (Lipinski definition) is 2. The highest BCUT2D eigenvalue weighted by Crippen LogP contribution is 2.30. The van der Waals surface area contributed by atoms with Gasteiger partial charge in [0.15, 0.2) is 0 Å². The number of hydrogen-bond donors (Lipinski definition) is 0. The van der Waals surface area contributed by atoms with Crippen LogP contribution < -0.4 is 4.90 Å². The zero-order chi connectivity index (χ0) is 11.6. The molecule has 0 atom stereocenters. The van der Waals surface area contributed by atoms with E-state index in [9.17, 15) is 0 Å². The second-order valence-corrected chi connectivity index (χ2v) is 5.55. The van der Waals surface area contributed by atoms with Crippen LogP contribution in [0.3, 0.4) is 0 Å². The van der Waals surface area contributed by atoms with E-state index >= 15 is 0 Å². The third kappa shape index (κ3) is 2.99. The molecule has 0 saturated carbocycles. The van der Waals surface area contributed by atoms with Gasteiger partial charge in [0, 0.05) is 29.1 Å². The third-order valence-electron chi connectivity index (χ3n) is 2.34. The number of halogens is 3. The van der Waals surface area contributed by atoms with Crippen molar-refractivity contribution < 1.29 is 0 Å². The predicted octanol–water partition coefficient (Wildman–Crippen LogP) is 3.95. The minimum atomic E-state index is -0.175. The molecule has 0 bridgehead atoms. The fraction of sp³-hybridized carbons (Fsp3) is 0.500. The molecular formula is C10H13BrCl2N2. The number of aromatic nitrogens is 1. The SMILES string of the molecule is CN(c1ncc(Br)cc1Cl)C(C)(C)CCl. The van der Waals surface area contributed by atoms with Crippen molar-refractivity contribution in [2.45, 2.75) is 19.4 Å². The quantitative estimate of drug-likeness (QED) is 0.786. The number of alkyl halides is 1. The van der Waals surface area contributed by atoms with E-state index in [2.05, 4.69) is 20.9 Å². The fourth-order valence-corrected chi connectivity index (χ4v) is 1.97. The molecule has 5 heteroatoms. The van der Waals surface area contributed by atoms with E-state index < -0.39 is 0 Å². The first kappa shape index (κ1) is 13.1. The zero-order valence-electron chi connectivity index (χ0n) is 8.89. The number of pyridine rings is 1. The van der Waals surface area contributed by atoms with Crippen LogP contribution in [0.5, 0.6) is 0 Å². The summed E-state index contributed by atoms with van der Waals surface area (Å²) >= 11 is 15.3. The van der Waals surface area contributed by atoms with Crippen LogP contribution >= 0.6 is 39.1 Å². The lowest BCUT2D eigenvalue weighted by Crippen LogP contribution is -2.43. The average molecular weight is 312 g/mol. The summed E-state index contributed by atoms with van der Waals surface area (Å²) < 4.78 is 0.869. The Balaban J connectivity index is 3.06. The minimum Gasteiger partial charge on any atom is -0.352 e. The van der Waals surface area contributed by atoms with E-state index in [4.69, 9.17) is 23.2 Å². The van der Waals surface area contributed by atoms with Gasteiger partial charge in [-0.15, -0.1) is 11.6 Å². The number of rotatable bonds is 3. The van der Waals surface area contributed by atoms with Crippen molar-refractivity contribution in [1.82, 2.24) is 4.98 Å². The van der Waals surface area contributed by atoms with Crippen molar-refractivity contribution in [3.63, 3.8) is 0 Å². The van der Waals surface area contributed by atoms with Crippen LogP contribution in [-0.4, -0.2) is 23.5 Å². The van der Waals surface area contributed by atoms with Crippen molar-refractivity contribution in [3.05, 3.63) is 21.8 Å². The molecule has 1 aromatic rings. The van der Waals surface area contributed by atoms with Gasteiger partial charge in [0.25, 0.3) is 0 Å². The van der Waals surface area contributed by atoms with E-state index in [-0.39, 0.29) is 5.54 Å². The molecule has 0 aromatic carbocycles. The molecule has 1 aromatic heterocycles. The van der Waals surface area contributed by atoms with Crippen LogP contribution in [0.25, 0.3) is 0 Å². The Morgan fingerprint density at radius 3 is 2.60 bits per heavy atom. The fourth-order valence-electron chi connectivity index (χ4n) is 1.03. The van der Waals surface area contributed by atoms with Gasteiger partial charge >= 0.3 is 0 Å². The highest BCUT2D eigenvalue weighted by atomic mass is 79.9. The smallest absolute Gasteiger partial charge is 0.147 e. The predicted molar refractivity (Wildman–Crippen MR) is 70.1 cm³/mol. The monoisotopic (exact) mass is 310 g/mol. The average Bonchev–Trinajstić information content (AvgIpc) is 2.17. The van der Waals surface area contributed by atoms with Crippen LogP contribution in [-0.2, 0) is 0 Å². The summed E-state index contributed by atoms with van der Waals surface area (Å²) in [7, 11) is 1.94. The molecule has 1 heterocycles. The summed E-state index contributed by atoms with van der Waals surface area (Å²) in [6.45, 7) is 4.08. The van der Waals surface area contributed by atoms with Crippen LogP contribution in [0.2, 0.25) is 5.02 Å². The van der Waals surface area contributed by atoms with Gasteiger partial charge in [-0.3, -0.25) is 0 Å². The maximum absolute atomic E-state index is 6.11. The Kier molecular flexibility index (Phi) is 4.27. The van der Waals surface area contributed by atoms with Gasteiger partial charge in [0.05, 0.1) is 5.02 Å². The molecule has 0 aliphatic heterocycles. The summed E-state index contributed by atoms with van der Waals surface area (Å²) in [6, 6.07) is 1.82. The Hall–Kier alpha value is 0.01000. The van der Waals surface area contributed by atoms with Crippen molar-refractivity contribution >= 4 is 44.9 Å². The second kappa shape index (κ2) is 4.89. The van der Waals surface area contributed by atoms with E-state index in [0.717, 1.165) is 10.3 Å². The molecule has 0 fully saturated rings. The third-order valence-corrected chi connectivity index (χ3v) is 3.71. The molecule has 0 aliphatic rings. The molecule has 1 rings (SSSR count). The molecule has 84 valence electrons. The number of nitrogens with zero attached hydrogens (tertiary/aromatic N) is 2. The maximum atomic E-state index is 6.11. The molecule has 0 saturated heterocycles. The summed E-state index contributed by atoms with van der Waals surface area (Å²) in [5.41, 5.74) is -0.175. The topological polar surface area (TPSA) is 16.1 Å². The van der Waals surface area contributed by atoms with E-state index in [0.29, 0.717) is 10.9 Å². The summed E-state index contributed by atoms with van der Waals surface area (Å²) in [5.74, 6) is 1.25. The molecule has 2 nitrogen and oxygen atoms in total. The maximum Gasteiger partial charge on any atom is 0.147 e. The number of anilines is 1. The van der Waals surface area contributed by atoms with E-state index in [1.165, 1.54) is 0 Å². The molecule has 15 heavy (non-hydrogen) atoms. The van der Waals surface area contributed by atoms with Crippen LogP contribution in [0.15, 0.2) is 16.7 Å². The normalized spacial score (nSPS) is 11.6. The van der Waals surface area contributed by atoms with Gasteiger partial charge in [0.2, 0.25) is 0 Å². The van der Waals surface area contributed by atoms with Crippen molar-refractivity contribution in [2.75, 3.05) is 17.8 Å². The summed E-state index contributed by atoms with van der Waals surface area (Å²) in [4.78, 5) is 6.26. The lowest BCUT2D eigenvalue weighted by Gasteiger charge is -2.35. The van der Waals surface area contributed by atoms with Gasteiger partial charge in [0.1, 0.15) is 5.82 Å². The van der Waals surface area contributed by atoms with Crippen LogP contribution in [0.4, 0.5) is 5.82 Å². The highest BCUT2D eigenvalue weighted by Gasteiger charge is 2.25. The highest BCUT2D eigenvalue weighted by molar-refractivity contribution is 9.10. The Bertz CT molecular complexity index is 355. The molecule has 0 unspecified atom stereocenters. The molecule has 0 amide bonds. The Morgan fingerprint density at radius 1 is 1.53 bits per heavy atom. The zero-order valence-corrected chi connectivity index (χ0v) is 12.0. The van der Waals surface area contributed by atoms with Crippen molar-refractivity contribution in [1.29, 1.82) is 0 Å². The van der Waals surface area contributed by atoms with Gasteiger partial charge < -0.3 is 4.90 Å². The van der Waals surface area contributed by atoms with Crippen molar-refractivity contribution in [2.24, 2.45) is 0 Å². The minimum absolute atomic E-state index is 0.175. The van der Waals surface area contributed by atoms with Gasteiger partial charge in [-0.2, -0.15) is 0 Å². The van der Waals surface area contributed by atoms with E-state index in [1.54, 1.807) is 6.20 Å². The summed E-state index contributed by atoms with van der Waals surface area (Å²) in [5, 5.41) is 0.616. The van der Waals surface area contributed by atoms with Gasteiger partial charge in [-0.1, -0.05) is 11.6 Å². The molecule has 0 aliphatic carbocycles. The van der Waals surface area contributed by atoms with Gasteiger partial charge in [-0.05, 0) is 35.8 Å². The second-order valence-electron chi connectivity index (χ2n) is 3.96. The van der Waals surface area contributed by atoms with E-state index in [1.807, 2.05) is 31.9 Å². The molecule has 0 radical (unpaired) electrons. The molecular weight excluding hydrogens is 299 g/mol. The van der Waals surface area contributed by atoms with Crippen LogP contribution in [0.1, 0.15) is 13.8 Å². The first-order valence-electron chi connectivity index (χ1n) is 4.49. The summed E-state index contributed by atoms with van der Waals surface area (Å²) in [6.07, 6.45) is 1.72. The first-order chi connectivity index (χ1) is 6.88. The van der Waals surface area contributed by atoms with Gasteiger partial charge in [-0.25, -0.2) is 4.98 Å². The first-order valence-corrected chi connectivity index (χ1v) is 6.20. The standard InChI is InChI=1S/C10H13BrCl2N2/c1-10(2,6-12)15(3)9-8(13)4-7(11)5-14-9/h4-5H,6H2,1-3H3. The largest absolute Gasteiger partial charge is 0.352 e.